The molecular formula is C13H16N2O5S. The topological polar surface area (TPSA) is 95.0 Å². The van der Waals surface area contributed by atoms with E-state index in [4.69, 9.17) is 5.11 Å². The van der Waals surface area contributed by atoms with E-state index in [1.54, 1.807) is 7.05 Å². The predicted molar refractivity (Wildman–Crippen MR) is 75.2 cm³/mol. The van der Waals surface area contributed by atoms with E-state index in [9.17, 15) is 18.0 Å². The van der Waals surface area contributed by atoms with Crippen LogP contribution in [0.3, 0.4) is 0 Å². The number of hydrogen-bond donors (Lipinski definition) is 1. The molecule has 8 heteroatoms. The smallest absolute Gasteiger partial charge is 0.335 e. The Morgan fingerprint density at radius 3 is 2.38 bits per heavy atom. The van der Waals surface area contributed by atoms with Gasteiger partial charge in [0.05, 0.1) is 17.9 Å². The predicted octanol–water partition coefficient (Wildman–Crippen LogP) is -0.0114. The first-order chi connectivity index (χ1) is 9.79. The highest BCUT2D eigenvalue weighted by Crippen LogP contribution is 2.14. The number of carbonyl (C=O) groups is 2. The maximum absolute atomic E-state index is 12.3. The van der Waals surface area contributed by atoms with Crippen molar-refractivity contribution in [2.24, 2.45) is 0 Å². The molecule has 7 nitrogen and oxygen atoms in total. The first-order valence-corrected chi connectivity index (χ1v) is 7.94. The van der Waals surface area contributed by atoms with Gasteiger partial charge < -0.3 is 10.0 Å². The number of benzene rings is 1. The Balaban J connectivity index is 2.10. The quantitative estimate of drug-likeness (QED) is 0.843. The molecule has 114 valence electrons. The third-order valence-electron chi connectivity index (χ3n) is 3.37. The standard InChI is InChI=1S/C13H16N2O5S/c1-14-6-7-15(8-12(14)16)21(19,20)9-10-2-4-11(5-3-10)13(17)18/h2-5H,6-9H2,1H3,(H,17,18). The molecule has 0 spiro atoms. The van der Waals surface area contributed by atoms with Crippen LogP contribution in [0.15, 0.2) is 24.3 Å². The summed E-state index contributed by atoms with van der Waals surface area (Å²) >= 11 is 0. The van der Waals surface area contributed by atoms with E-state index in [1.807, 2.05) is 0 Å². The fraction of sp³-hybridized carbons (Fsp3) is 0.385. The summed E-state index contributed by atoms with van der Waals surface area (Å²) in [5, 5.41) is 8.80. The minimum atomic E-state index is -3.59. The van der Waals surface area contributed by atoms with Gasteiger partial charge in [0.1, 0.15) is 0 Å². The zero-order chi connectivity index (χ0) is 15.6. The first kappa shape index (κ1) is 15.5. The average molecular weight is 312 g/mol. The number of aromatic carboxylic acids is 1. The number of carbonyl (C=O) groups excluding carboxylic acids is 1. The number of likely N-dealkylation sites (N-methyl/N-ethyl adjacent to an activating group) is 1. The van der Waals surface area contributed by atoms with Crippen LogP contribution in [-0.2, 0) is 20.6 Å². The fourth-order valence-electron chi connectivity index (χ4n) is 2.02. The number of carboxylic acids is 1. The van der Waals surface area contributed by atoms with E-state index in [2.05, 4.69) is 0 Å². The number of amides is 1. The number of carboxylic acid groups (broad SMARTS) is 1. The molecule has 0 aliphatic carbocycles. The second-order valence-corrected chi connectivity index (χ2v) is 6.88. The summed E-state index contributed by atoms with van der Waals surface area (Å²) in [7, 11) is -1.95. The van der Waals surface area contributed by atoms with Crippen LogP contribution < -0.4 is 0 Å². The number of rotatable bonds is 4. The number of piperazine rings is 1. The molecule has 1 aromatic rings. The minimum absolute atomic E-state index is 0.103. The number of hydrogen-bond acceptors (Lipinski definition) is 4. The Labute approximate surface area is 122 Å². The molecule has 0 atom stereocenters. The Morgan fingerprint density at radius 1 is 1.24 bits per heavy atom. The van der Waals surface area contributed by atoms with Crippen LogP contribution in [0, 0.1) is 0 Å². The summed E-state index contributed by atoms with van der Waals surface area (Å²) in [4.78, 5) is 23.8. The van der Waals surface area contributed by atoms with Gasteiger partial charge in [-0.25, -0.2) is 13.2 Å². The molecule has 0 bridgehead atoms. The number of sulfonamides is 1. The molecule has 1 aliphatic rings. The molecule has 1 N–H and O–H groups in total. The van der Waals surface area contributed by atoms with Crippen molar-refractivity contribution in [1.82, 2.24) is 9.21 Å². The van der Waals surface area contributed by atoms with Crippen LogP contribution in [0.2, 0.25) is 0 Å². The number of nitrogens with zero attached hydrogens (tertiary/aromatic N) is 2. The van der Waals surface area contributed by atoms with Crippen molar-refractivity contribution in [2.75, 3.05) is 26.7 Å². The Kier molecular flexibility index (Phi) is 4.29. The van der Waals surface area contributed by atoms with Crippen LogP contribution >= 0.6 is 0 Å². The Morgan fingerprint density at radius 2 is 1.86 bits per heavy atom. The van der Waals surface area contributed by atoms with Crippen LogP contribution in [0.4, 0.5) is 0 Å². The van der Waals surface area contributed by atoms with Gasteiger partial charge in [-0.2, -0.15) is 4.31 Å². The van der Waals surface area contributed by atoms with Crippen LogP contribution in [0.25, 0.3) is 0 Å². The Hall–Kier alpha value is -1.93. The van der Waals surface area contributed by atoms with E-state index >= 15 is 0 Å². The highest BCUT2D eigenvalue weighted by molar-refractivity contribution is 7.88. The third kappa shape index (κ3) is 3.59. The van der Waals surface area contributed by atoms with Crippen molar-refractivity contribution in [3.63, 3.8) is 0 Å². The van der Waals surface area contributed by atoms with Crippen molar-refractivity contribution in [1.29, 1.82) is 0 Å². The van der Waals surface area contributed by atoms with Crippen LogP contribution in [0.5, 0.6) is 0 Å². The van der Waals surface area contributed by atoms with Gasteiger partial charge in [0, 0.05) is 20.1 Å². The van der Waals surface area contributed by atoms with Crippen molar-refractivity contribution in [2.45, 2.75) is 5.75 Å². The van der Waals surface area contributed by atoms with E-state index in [-0.39, 0.29) is 30.3 Å². The average Bonchev–Trinajstić information content (AvgIpc) is 2.42. The first-order valence-electron chi connectivity index (χ1n) is 6.33. The summed E-state index contributed by atoms with van der Waals surface area (Å²) in [5.74, 6) is -1.54. The van der Waals surface area contributed by atoms with E-state index in [0.717, 1.165) is 0 Å². The van der Waals surface area contributed by atoms with Gasteiger partial charge in [-0.3, -0.25) is 4.79 Å². The molecule has 2 rings (SSSR count). The largest absolute Gasteiger partial charge is 0.478 e. The lowest BCUT2D eigenvalue weighted by molar-refractivity contribution is -0.132. The SMILES string of the molecule is CN1CCN(S(=O)(=O)Cc2ccc(C(=O)O)cc2)CC1=O. The zero-order valence-corrected chi connectivity index (χ0v) is 12.3. The molecule has 1 aromatic carbocycles. The molecule has 0 radical (unpaired) electrons. The maximum atomic E-state index is 12.3. The molecule has 1 fully saturated rings. The highest BCUT2D eigenvalue weighted by atomic mass is 32.2. The fourth-order valence-corrected chi connectivity index (χ4v) is 3.48. The second-order valence-electron chi connectivity index (χ2n) is 4.91. The van der Waals surface area contributed by atoms with Crippen molar-refractivity contribution in [3.8, 4) is 0 Å². The van der Waals surface area contributed by atoms with Gasteiger partial charge in [0.15, 0.2) is 0 Å². The van der Waals surface area contributed by atoms with Gasteiger partial charge in [-0.1, -0.05) is 12.1 Å². The lowest BCUT2D eigenvalue weighted by Crippen LogP contribution is -2.50. The summed E-state index contributed by atoms with van der Waals surface area (Å²) in [6, 6.07) is 5.67. The third-order valence-corrected chi connectivity index (χ3v) is 5.16. The van der Waals surface area contributed by atoms with Gasteiger partial charge in [-0.15, -0.1) is 0 Å². The van der Waals surface area contributed by atoms with E-state index in [0.29, 0.717) is 12.1 Å². The molecule has 1 heterocycles. The van der Waals surface area contributed by atoms with E-state index in [1.165, 1.54) is 33.5 Å². The normalized spacial score (nSPS) is 17.0. The molecule has 21 heavy (non-hydrogen) atoms. The van der Waals surface area contributed by atoms with Crippen molar-refractivity contribution < 1.29 is 23.1 Å². The van der Waals surface area contributed by atoms with Gasteiger partial charge in [0.25, 0.3) is 0 Å². The van der Waals surface area contributed by atoms with Gasteiger partial charge >= 0.3 is 5.97 Å². The molecule has 0 unspecified atom stereocenters. The summed E-state index contributed by atoms with van der Waals surface area (Å²) in [6.45, 7) is 0.500. The lowest BCUT2D eigenvalue weighted by Gasteiger charge is -2.31. The molecule has 0 saturated carbocycles. The highest BCUT2D eigenvalue weighted by Gasteiger charge is 2.30. The van der Waals surface area contributed by atoms with Gasteiger partial charge in [0.2, 0.25) is 15.9 Å². The zero-order valence-electron chi connectivity index (χ0n) is 11.5. The molecule has 1 amide bonds. The summed E-state index contributed by atoms with van der Waals surface area (Å²) in [5.41, 5.74) is 0.595. The molecule has 1 aliphatic heterocycles. The van der Waals surface area contributed by atoms with Crippen molar-refractivity contribution >= 4 is 21.9 Å². The van der Waals surface area contributed by atoms with E-state index < -0.39 is 16.0 Å². The molecule has 0 aromatic heterocycles. The Bertz CT molecular complexity index is 654. The molecular weight excluding hydrogens is 296 g/mol. The summed E-state index contributed by atoms with van der Waals surface area (Å²) < 4.78 is 25.7. The monoisotopic (exact) mass is 312 g/mol. The lowest BCUT2D eigenvalue weighted by atomic mass is 10.1. The minimum Gasteiger partial charge on any atom is -0.478 e. The second kappa shape index (κ2) is 5.82. The van der Waals surface area contributed by atoms with Crippen LogP contribution in [-0.4, -0.2) is 61.3 Å². The van der Waals surface area contributed by atoms with Gasteiger partial charge in [-0.05, 0) is 17.7 Å². The van der Waals surface area contributed by atoms with Crippen molar-refractivity contribution in [3.05, 3.63) is 35.4 Å². The maximum Gasteiger partial charge on any atom is 0.335 e. The van der Waals surface area contributed by atoms with Crippen LogP contribution in [0.1, 0.15) is 15.9 Å². The molecule has 1 saturated heterocycles. The summed E-state index contributed by atoms with van der Waals surface area (Å²) in [6.07, 6.45) is 0.